The minimum absolute atomic E-state index is 0.158. The van der Waals surface area contributed by atoms with Gasteiger partial charge in [-0.15, -0.1) is 0 Å². The first-order valence-corrected chi connectivity index (χ1v) is 9.11. The smallest absolute Gasteiger partial charge is 0.302 e. The maximum absolute atomic E-state index is 11.4. The van der Waals surface area contributed by atoms with Crippen molar-refractivity contribution in [1.29, 1.82) is 0 Å². The quantitative estimate of drug-likeness (QED) is 0.415. The number of nitrogens with two attached hydrogens (primary N) is 1. The number of hydrogen-bond donors (Lipinski definition) is 1. The Morgan fingerprint density at radius 1 is 0.963 bits per heavy atom. The van der Waals surface area contributed by atoms with Crippen LogP contribution in [0.25, 0.3) is 0 Å². The summed E-state index contributed by atoms with van der Waals surface area (Å²) in [5.74, 6) is 6.26. The van der Waals surface area contributed by atoms with Gasteiger partial charge in [0.25, 0.3) is 0 Å². The molecule has 5 heteroatoms. The Morgan fingerprint density at radius 2 is 1.52 bits per heavy atom. The molecule has 1 atom stereocenters. The lowest BCUT2D eigenvalue weighted by atomic mass is 9.88. The van der Waals surface area contributed by atoms with Gasteiger partial charge in [0.15, 0.2) is 0 Å². The molecule has 2 aromatic rings. The molecule has 27 heavy (non-hydrogen) atoms. The number of nitrogens with zero attached hydrogens (tertiary/aromatic N) is 1. The van der Waals surface area contributed by atoms with Gasteiger partial charge in [-0.1, -0.05) is 60.7 Å². The van der Waals surface area contributed by atoms with E-state index >= 15 is 0 Å². The van der Waals surface area contributed by atoms with Crippen molar-refractivity contribution in [2.45, 2.75) is 45.4 Å². The molecule has 0 saturated carbocycles. The van der Waals surface area contributed by atoms with Crippen molar-refractivity contribution < 1.29 is 14.3 Å². The van der Waals surface area contributed by atoms with Crippen LogP contribution in [0.15, 0.2) is 60.7 Å². The van der Waals surface area contributed by atoms with Gasteiger partial charge >= 0.3 is 5.97 Å². The van der Waals surface area contributed by atoms with Crippen molar-refractivity contribution in [2.24, 2.45) is 5.84 Å². The van der Waals surface area contributed by atoms with Gasteiger partial charge in [-0.3, -0.25) is 10.6 Å². The van der Waals surface area contributed by atoms with Gasteiger partial charge in [0.2, 0.25) is 0 Å². The third-order valence-corrected chi connectivity index (χ3v) is 4.70. The van der Waals surface area contributed by atoms with Crippen LogP contribution in [0.5, 0.6) is 0 Å². The van der Waals surface area contributed by atoms with Crippen LogP contribution in [-0.2, 0) is 26.4 Å². The highest BCUT2D eigenvalue weighted by atomic mass is 16.5. The lowest BCUT2D eigenvalue weighted by Crippen LogP contribution is -2.62. The van der Waals surface area contributed by atoms with E-state index in [-0.39, 0.29) is 12.6 Å². The van der Waals surface area contributed by atoms with E-state index in [1.807, 2.05) is 81.4 Å². The summed E-state index contributed by atoms with van der Waals surface area (Å²) in [7, 11) is 0. The summed E-state index contributed by atoms with van der Waals surface area (Å²) < 4.78 is 11.3. The summed E-state index contributed by atoms with van der Waals surface area (Å²) in [4.78, 5) is 11.4. The Kier molecular flexibility index (Phi) is 7.13. The van der Waals surface area contributed by atoms with E-state index in [0.29, 0.717) is 13.2 Å². The van der Waals surface area contributed by atoms with Gasteiger partial charge < -0.3 is 9.47 Å². The zero-order chi connectivity index (χ0) is 19.9. The van der Waals surface area contributed by atoms with Crippen LogP contribution in [0.2, 0.25) is 0 Å². The van der Waals surface area contributed by atoms with E-state index < -0.39 is 11.1 Å². The summed E-state index contributed by atoms with van der Waals surface area (Å²) in [5.41, 5.74) is 0.916. The number of hydrazine groups is 1. The van der Waals surface area contributed by atoms with Crippen LogP contribution in [0.3, 0.4) is 0 Å². The van der Waals surface area contributed by atoms with E-state index in [0.717, 1.165) is 11.1 Å². The number of benzene rings is 2. The predicted octanol–water partition coefficient (Wildman–Crippen LogP) is 3.64. The summed E-state index contributed by atoms with van der Waals surface area (Å²) in [6, 6.07) is 19.9. The van der Waals surface area contributed by atoms with Gasteiger partial charge in [-0.25, -0.2) is 5.01 Å². The fourth-order valence-corrected chi connectivity index (χ4v) is 3.06. The zero-order valence-corrected chi connectivity index (χ0v) is 16.6. The number of ether oxygens (including phenoxy) is 2. The highest BCUT2D eigenvalue weighted by Crippen LogP contribution is 2.32. The molecular formula is C22H30N2O3. The predicted molar refractivity (Wildman–Crippen MR) is 107 cm³/mol. The Labute approximate surface area is 162 Å². The maximum Gasteiger partial charge on any atom is 0.302 e. The van der Waals surface area contributed by atoms with Crippen molar-refractivity contribution in [3.8, 4) is 0 Å². The molecule has 0 saturated heterocycles. The monoisotopic (exact) mass is 370 g/mol. The largest absolute Gasteiger partial charge is 0.463 e. The number of carbonyl (C=O) groups excluding carboxylic acids is 1. The second kappa shape index (κ2) is 9.13. The first kappa shape index (κ1) is 21.1. The second-order valence-corrected chi connectivity index (χ2v) is 7.58. The molecule has 2 aromatic carbocycles. The van der Waals surface area contributed by atoms with E-state index in [9.17, 15) is 4.79 Å². The van der Waals surface area contributed by atoms with Gasteiger partial charge in [-0.2, -0.15) is 0 Å². The van der Waals surface area contributed by atoms with Crippen molar-refractivity contribution in [2.75, 3.05) is 13.2 Å². The molecule has 0 radical (unpaired) electrons. The third kappa shape index (κ3) is 5.63. The van der Waals surface area contributed by atoms with Gasteiger partial charge in [0, 0.05) is 6.92 Å². The Hall–Kier alpha value is -2.21. The average Bonchev–Trinajstić information content (AvgIpc) is 2.67. The molecule has 0 heterocycles. The van der Waals surface area contributed by atoms with E-state index in [1.165, 1.54) is 6.92 Å². The molecule has 0 spiro atoms. The van der Waals surface area contributed by atoms with Gasteiger partial charge in [-0.05, 0) is 31.9 Å². The summed E-state index contributed by atoms with van der Waals surface area (Å²) >= 11 is 0. The van der Waals surface area contributed by atoms with Gasteiger partial charge in [0.05, 0.1) is 24.3 Å². The Morgan fingerprint density at radius 3 is 2.07 bits per heavy atom. The van der Waals surface area contributed by atoms with Crippen LogP contribution in [0.4, 0.5) is 0 Å². The standard InChI is InChI=1S/C22H30N2O3/c1-18(25)27-17-22(4,20-13-9-6-10-14-20)24(23)21(2,3)16-26-15-19-11-7-5-8-12-19/h5-14H,15-17,23H2,1-4H3. The molecule has 1 unspecified atom stereocenters. The molecule has 2 N–H and O–H groups in total. The van der Waals surface area contributed by atoms with Crippen LogP contribution in [-0.4, -0.2) is 29.7 Å². The van der Waals surface area contributed by atoms with Crippen LogP contribution in [0.1, 0.15) is 38.8 Å². The second-order valence-electron chi connectivity index (χ2n) is 7.58. The molecule has 146 valence electrons. The summed E-state index contributed by atoms with van der Waals surface area (Å²) in [6.07, 6.45) is 0. The topological polar surface area (TPSA) is 64.8 Å². The maximum atomic E-state index is 11.4. The summed E-state index contributed by atoms with van der Waals surface area (Å²) in [6.45, 7) is 8.53. The van der Waals surface area contributed by atoms with Crippen molar-refractivity contribution in [3.05, 3.63) is 71.8 Å². The first-order valence-electron chi connectivity index (χ1n) is 9.11. The van der Waals surface area contributed by atoms with Crippen molar-refractivity contribution in [3.63, 3.8) is 0 Å². The number of rotatable bonds is 9. The normalized spacial score (nSPS) is 14.0. The lowest BCUT2D eigenvalue weighted by Gasteiger charge is -2.47. The Bertz CT molecular complexity index is 719. The van der Waals surface area contributed by atoms with Crippen LogP contribution >= 0.6 is 0 Å². The average molecular weight is 370 g/mol. The number of carbonyl (C=O) groups is 1. The highest BCUT2D eigenvalue weighted by Gasteiger charge is 2.41. The third-order valence-electron chi connectivity index (χ3n) is 4.70. The van der Waals surface area contributed by atoms with E-state index in [2.05, 4.69) is 0 Å². The SMILES string of the molecule is CC(=O)OCC(C)(c1ccccc1)N(N)C(C)(C)COCc1ccccc1. The molecule has 0 aliphatic rings. The molecule has 0 amide bonds. The molecule has 0 aliphatic carbocycles. The number of hydrogen-bond acceptors (Lipinski definition) is 5. The number of esters is 1. The zero-order valence-electron chi connectivity index (χ0n) is 16.6. The lowest BCUT2D eigenvalue weighted by molar-refractivity contribution is -0.149. The van der Waals surface area contributed by atoms with E-state index in [1.54, 1.807) is 5.01 Å². The molecule has 0 aromatic heterocycles. The molecule has 0 fully saturated rings. The highest BCUT2D eigenvalue weighted by molar-refractivity contribution is 5.66. The minimum atomic E-state index is -0.688. The molecule has 0 bridgehead atoms. The first-order chi connectivity index (χ1) is 12.8. The van der Waals surface area contributed by atoms with Crippen molar-refractivity contribution >= 4 is 5.97 Å². The van der Waals surface area contributed by atoms with Gasteiger partial charge in [0.1, 0.15) is 6.61 Å². The molecule has 2 rings (SSSR count). The molecular weight excluding hydrogens is 340 g/mol. The Balaban J connectivity index is 2.14. The molecule has 5 nitrogen and oxygen atoms in total. The van der Waals surface area contributed by atoms with E-state index in [4.69, 9.17) is 15.3 Å². The van der Waals surface area contributed by atoms with Crippen molar-refractivity contribution in [1.82, 2.24) is 5.01 Å². The fraction of sp³-hybridized carbons (Fsp3) is 0.409. The van der Waals surface area contributed by atoms with Crippen LogP contribution in [0, 0.1) is 0 Å². The van der Waals surface area contributed by atoms with Crippen LogP contribution < -0.4 is 5.84 Å². The fourth-order valence-electron chi connectivity index (χ4n) is 3.06. The minimum Gasteiger partial charge on any atom is -0.463 e. The molecule has 0 aliphatic heterocycles. The summed E-state index contributed by atoms with van der Waals surface area (Å²) in [5, 5.41) is 1.74.